The minimum absolute atomic E-state index is 0.171. The Labute approximate surface area is 120 Å². The Morgan fingerprint density at radius 1 is 1.10 bits per heavy atom. The zero-order valence-electron chi connectivity index (χ0n) is 10.8. The van der Waals surface area contributed by atoms with E-state index in [1.807, 2.05) is 30.5 Å². The molecule has 1 aromatic carbocycles. The lowest BCUT2D eigenvalue weighted by atomic mass is 10.0. The lowest BCUT2D eigenvalue weighted by Gasteiger charge is -1.98. The Kier molecular flexibility index (Phi) is 3.24. The summed E-state index contributed by atoms with van der Waals surface area (Å²) < 4.78 is 5.35. The van der Waals surface area contributed by atoms with E-state index in [1.165, 1.54) is 0 Å². The highest BCUT2D eigenvalue weighted by molar-refractivity contribution is 7.98. The van der Waals surface area contributed by atoms with Crippen molar-refractivity contribution in [2.45, 2.75) is 4.90 Å². The third kappa shape index (κ3) is 2.18. The minimum atomic E-state index is -0.357. The molecule has 1 heterocycles. The maximum Gasteiger partial charge on any atom is 0.344 e. The van der Waals surface area contributed by atoms with Gasteiger partial charge in [0.05, 0.1) is 5.56 Å². The Morgan fingerprint density at radius 3 is 2.55 bits per heavy atom. The summed E-state index contributed by atoms with van der Waals surface area (Å²) in [4.78, 5) is 13.1. The first-order valence-electron chi connectivity index (χ1n) is 6.09. The highest BCUT2D eigenvalue weighted by Gasteiger charge is 2.18. The average molecular weight is 284 g/mol. The second-order valence-electron chi connectivity index (χ2n) is 4.37. The molecule has 0 unspecified atom stereocenters. The third-order valence-corrected chi connectivity index (χ3v) is 3.86. The standard InChI is InChI=1S/C16H12O3S/c1-20-12-3-2-4-13-14(9-12)19-16(18)15(13)10-5-7-11(17)8-6-10/h2-9,17H,1H3. The zero-order valence-corrected chi connectivity index (χ0v) is 11.6. The van der Waals surface area contributed by atoms with Crippen LogP contribution in [-0.2, 0) is 0 Å². The van der Waals surface area contributed by atoms with E-state index < -0.39 is 0 Å². The van der Waals surface area contributed by atoms with Crippen LogP contribution in [0.5, 0.6) is 5.75 Å². The number of hydrogen-bond acceptors (Lipinski definition) is 4. The summed E-state index contributed by atoms with van der Waals surface area (Å²) in [6.07, 6.45) is 1.98. The summed E-state index contributed by atoms with van der Waals surface area (Å²) >= 11 is 1.59. The van der Waals surface area contributed by atoms with Gasteiger partial charge in [-0.05, 0) is 36.1 Å². The van der Waals surface area contributed by atoms with E-state index in [4.69, 9.17) is 4.42 Å². The van der Waals surface area contributed by atoms with Crippen LogP contribution in [0, 0.1) is 0 Å². The molecular formula is C16H12O3S. The number of fused-ring (bicyclic) bond motifs is 1. The van der Waals surface area contributed by atoms with Crippen molar-refractivity contribution < 1.29 is 9.52 Å². The molecule has 4 heteroatoms. The summed E-state index contributed by atoms with van der Waals surface area (Å²) in [5.74, 6) is 0.747. The molecule has 0 saturated heterocycles. The summed E-state index contributed by atoms with van der Waals surface area (Å²) in [7, 11) is 0. The fourth-order valence-electron chi connectivity index (χ4n) is 2.16. The molecule has 0 radical (unpaired) electrons. The molecule has 0 atom stereocenters. The first-order valence-corrected chi connectivity index (χ1v) is 7.32. The van der Waals surface area contributed by atoms with Crippen molar-refractivity contribution in [2.75, 3.05) is 6.26 Å². The molecule has 0 aromatic heterocycles. The molecule has 0 saturated carbocycles. The summed E-state index contributed by atoms with van der Waals surface area (Å²) in [6, 6.07) is 14.2. The van der Waals surface area contributed by atoms with Crippen LogP contribution in [-0.4, -0.2) is 11.4 Å². The van der Waals surface area contributed by atoms with E-state index >= 15 is 0 Å². The first kappa shape index (κ1) is 12.8. The van der Waals surface area contributed by atoms with Crippen molar-refractivity contribution in [1.29, 1.82) is 0 Å². The number of benzene rings is 1. The smallest absolute Gasteiger partial charge is 0.344 e. The number of aromatic hydroxyl groups is 1. The van der Waals surface area contributed by atoms with Gasteiger partial charge in [0, 0.05) is 10.5 Å². The monoisotopic (exact) mass is 284 g/mol. The summed E-state index contributed by atoms with van der Waals surface area (Å²) in [6.45, 7) is 0. The molecule has 0 spiro atoms. The molecule has 1 aliphatic carbocycles. The van der Waals surface area contributed by atoms with Gasteiger partial charge in [0.25, 0.3) is 0 Å². The van der Waals surface area contributed by atoms with Gasteiger partial charge in [-0.15, -0.1) is 11.8 Å². The van der Waals surface area contributed by atoms with E-state index in [0.29, 0.717) is 11.3 Å². The van der Waals surface area contributed by atoms with Crippen LogP contribution >= 0.6 is 11.8 Å². The largest absolute Gasteiger partial charge is 0.508 e. The van der Waals surface area contributed by atoms with Crippen molar-refractivity contribution in [3.63, 3.8) is 0 Å². The molecule has 1 N–H and O–H groups in total. The fraction of sp³-hybridized carbons (Fsp3) is 0.0625. The van der Waals surface area contributed by atoms with Crippen LogP contribution in [0.25, 0.3) is 22.5 Å². The van der Waals surface area contributed by atoms with Crippen molar-refractivity contribution >= 4 is 11.8 Å². The van der Waals surface area contributed by atoms with E-state index in [2.05, 4.69) is 0 Å². The van der Waals surface area contributed by atoms with Crippen LogP contribution in [0.4, 0.5) is 0 Å². The molecule has 1 aromatic rings. The number of hydrogen-bond donors (Lipinski definition) is 1. The van der Waals surface area contributed by atoms with Gasteiger partial charge >= 0.3 is 5.63 Å². The maximum absolute atomic E-state index is 12.1. The van der Waals surface area contributed by atoms with Gasteiger partial charge in [0.1, 0.15) is 11.5 Å². The molecule has 0 amide bonds. The van der Waals surface area contributed by atoms with Gasteiger partial charge < -0.3 is 9.52 Å². The predicted octanol–water partition coefficient (Wildman–Crippen LogP) is 3.84. The molecule has 1 aliphatic heterocycles. The van der Waals surface area contributed by atoms with Crippen LogP contribution in [0.3, 0.4) is 0 Å². The van der Waals surface area contributed by atoms with Crippen molar-refractivity contribution in [1.82, 2.24) is 0 Å². The van der Waals surface area contributed by atoms with E-state index in [9.17, 15) is 9.90 Å². The van der Waals surface area contributed by atoms with Crippen LogP contribution in [0.15, 0.2) is 62.6 Å². The van der Waals surface area contributed by atoms with Gasteiger partial charge in [-0.3, -0.25) is 0 Å². The molecule has 2 aliphatic rings. The second kappa shape index (κ2) is 5.06. The Hall–Kier alpha value is -2.20. The first-order chi connectivity index (χ1) is 9.69. The van der Waals surface area contributed by atoms with Gasteiger partial charge in [0.15, 0.2) is 0 Å². The van der Waals surface area contributed by atoms with E-state index in [-0.39, 0.29) is 11.4 Å². The van der Waals surface area contributed by atoms with E-state index in [0.717, 1.165) is 16.0 Å². The van der Waals surface area contributed by atoms with Crippen molar-refractivity contribution in [3.05, 3.63) is 59.0 Å². The number of rotatable bonds is 2. The minimum Gasteiger partial charge on any atom is -0.508 e. The molecule has 3 nitrogen and oxygen atoms in total. The Bertz CT molecular complexity index is 775. The fourth-order valence-corrected chi connectivity index (χ4v) is 2.60. The van der Waals surface area contributed by atoms with Crippen LogP contribution in [0.1, 0.15) is 0 Å². The highest BCUT2D eigenvalue weighted by Crippen LogP contribution is 2.33. The molecule has 3 rings (SSSR count). The van der Waals surface area contributed by atoms with Gasteiger partial charge in [-0.1, -0.05) is 24.3 Å². The lowest BCUT2D eigenvalue weighted by molar-refractivity contribution is 0.475. The van der Waals surface area contributed by atoms with Crippen molar-refractivity contribution in [3.8, 4) is 28.2 Å². The Morgan fingerprint density at radius 2 is 1.85 bits per heavy atom. The number of phenols is 1. The molecule has 0 bridgehead atoms. The van der Waals surface area contributed by atoms with Gasteiger partial charge in [-0.25, -0.2) is 4.79 Å². The normalized spacial score (nSPS) is 10.8. The molecule has 20 heavy (non-hydrogen) atoms. The topological polar surface area (TPSA) is 50.4 Å². The van der Waals surface area contributed by atoms with E-state index in [1.54, 1.807) is 36.0 Å². The van der Waals surface area contributed by atoms with Crippen LogP contribution < -0.4 is 5.63 Å². The maximum atomic E-state index is 12.1. The zero-order chi connectivity index (χ0) is 14.1. The van der Waals surface area contributed by atoms with Gasteiger partial charge in [-0.2, -0.15) is 0 Å². The highest BCUT2D eigenvalue weighted by atomic mass is 32.2. The second-order valence-corrected chi connectivity index (χ2v) is 5.25. The SMILES string of the molecule is CSc1cccc2c(-c3ccc(O)cc3)c(=O)oc-2c1. The molecule has 0 fully saturated rings. The summed E-state index contributed by atoms with van der Waals surface area (Å²) in [5, 5.41) is 9.34. The number of phenolic OH excluding ortho intramolecular Hbond substituents is 1. The third-order valence-electron chi connectivity index (χ3n) is 3.13. The lowest BCUT2D eigenvalue weighted by Crippen LogP contribution is -1.95. The number of furan rings is 1. The number of thioether (sulfide) groups is 1. The average Bonchev–Trinajstić information content (AvgIpc) is 2.63. The Balaban J connectivity index is 2.23. The van der Waals surface area contributed by atoms with Crippen molar-refractivity contribution in [2.24, 2.45) is 0 Å². The van der Waals surface area contributed by atoms with Gasteiger partial charge in [0.2, 0.25) is 0 Å². The quantitative estimate of drug-likeness (QED) is 0.726. The summed E-state index contributed by atoms with van der Waals surface area (Å²) in [5.41, 5.74) is 1.69. The molecular weight excluding hydrogens is 272 g/mol. The molecule has 100 valence electrons. The predicted molar refractivity (Wildman–Crippen MR) is 80.5 cm³/mol. The van der Waals surface area contributed by atoms with Crippen LogP contribution in [0.2, 0.25) is 0 Å².